The summed E-state index contributed by atoms with van der Waals surface area (Å²) in [5.41, 5.74) is 0.758. The van der Waals surface area contributed by atoms with Gasteiger partial charge in [-0.25, -0.2) is 4.68 Å². The number of nitriles is 1. The van der Waals surface area contributed by atoms with Crippen molar-refractivity contribution in [1.29, 1.82) is 5.26 Å². The van der Waals surface area contributed by atoms with Gasteiger partial charge in [0.1, 0.15) is 22.1 Å². The molecule has 0 saturated carbocycles. The molecular weight excluding hydrogens is 306 g/mol. The number of halogens is 1. The first kappa shape index (κ1) is 14.4. The second kappa shape index (κ2) is 5.14. The van der Waals surface area contributed by atoms with Gasteiger partial charge in [-0.15, -0.1) is 0 Å². The van der Waals surface area contributed by atoms with Crippen molar-refractivity contribution in [1.82, 2.24) is 14.7 Å². The van der Waals surface area contributed by atoms with Gasteiger partial charge in [0.2, 0.25) is 0 Å². The van der Waals surface area contributed by atoms with Crippen LogP contribution in [0.3, 0.4) is 0 Å². The Bertz CT molecular complexity index is 508. The molecule has 1 fully saturated rings. The first-order chi connectivity index (χ1) is 8.88. The molecule has 0 radical (unpaired) electrons. The molecule has 19 heavy (non-hydrogen) atoms. The van der Waals surface area contributed by atoms with Gasteiger partial charge in [0.15, 0.2) is 0 Å². The predicted molar refractivity (Wildman–Crippen MR) is 79.2 cm³/mol. The molecule has 0 bridgehead atoms. The van der Waals surface area contributed by atoms with Crippen molar-refractivity contribution in [2.75, 3.05) is 25.5 Å². The number of nitrogens with one attached hydrogen (secondary N) is 1. The largest absolute Gasteiger partial charge is 0.372 e. The minimum absolute atomic E-state index is 0.178. The Morgan fingerprint density at radius 3 is 2.63 bits per heavy atom. The van der Waals surface area contributed by atoms with Crippen molar-refractivity contribution in [2.24, 2.45) is 0 Å². The van der Waals surface area contributed by atoms with Gasteiger partial charge in [-0.05, 0) is 43.1 Å². The summed E-state index contributed by atoms with van der Waals surface area (Å²) in [6.45, 7) is 8.73. The Kier molecular flexibility index (Phi) is 3.88. The van der Waals surface area contributed by atoms with Gasteiger partial charge in [0.25, 0.3) is 0 Å². The standard InChI is InChI=1S/C13H20BrN5/c1-13(2,3)18-6-5-9(8-18)19-12(16-4)10(7-15)11(14)17-19/h9,16H,5-6,8H2,1-4H3/t9-/m0/s1. The first-order valence-electron chi connectivity index (χ1n) is 6.49. The van der Waals surface area contributed by atoms with E-state index in [9.17, 15) is 5.26 Å². The third-order valence-electron chi connectivity index (χ3n) is 3.67. The van der Waals surface area contributed by atoms with E-state index in [2.05, 4.69) is 58.1 Å². The summed E-state index contributed by atoms with van der Waals surface area (Å²) < 4.78 is 2.57. The number of likely N-dealkylation sites (tertiary alicyclic amines) is 1. The van der Waals surface area contributed by atoms with Gasteiger partial charge >= 0.3 is 0 Å². The molecule has 1 aromatic heterocycles. The van der Waals surface area contributed by atoms with Crippen molar-refractivity contribution in [3.63, 3.8) is 0 Å². The molecule has 2 heterocycles. The number of aromatic nitrogens is 2. The highest BCUT2D eigenvalue weighted by atomic mass is 79.9. The summed E-state index contributed by atoms with van der Waals surface area (Å²) >= 11 is 3.36. The molecule has 1 aliphatic rings. The molecule has 0 unspecified atom stereocenters. The molecule has 1 N–H and O–H groups in total. The molecular formula is C13H20BrN5. The maximum Gasteiger partial charge on any atom is 0.148 e. The summed E-state index contributed by atoms with van der Waals surface area (Å²) in [6, 6.07) is 2.51. The zero-order valence-corrected chi connectivity index (χ0v) is 13.5. The quantitative estimate of drug-likeness (QED) is 0.908. The molecule has 6 heteroatoms. The molecule has 0 aromatic carbocycles. The van der Waals surface area contributed by atoms with Crippen LogP contribution in [-0.2, 0) is 0 Å². The van der Waals surface area contributed by atoms with Crippen molar-refractivity contribution in [3.8, 4) is 6.07 Å². The highest BCUT2D eigenvalue weighted by Crippen LogP contribution is 2.32. The lowest BCUT2D eigenvalue weighted by atomic mass is 10.1. The van der Waals surface area contributed by atoms with Gasteiger partial charge < -0.3 is 5.32 Å². The Balaban J connectivity index is 2.28. The number of rotatable bonds is 2. The maximum atomic E-state index is 9.18. The van der Waals surface area contributed by atoms with Crippen LogP contribution >= 0.6 is 15.9 Å². The van der Waals surface area contributed by atoms with Crippen LogP contribution in [0.4, 0.5) is 5.82 Å². The molecule has 1 aromatic rings. The summed E-state index contributed by atoms with van der Waals surface area (Å²) in [5.74, 6) is 0.801. The molecule has 5 nitrogen and oxygen atoms in total. The van der Waals surface area contributed by atoms with E-state index >= 15 is 0 Å². The average Bonchev–Trinajstić information content (AvgIpc) is 2.91. The number of hydrogen-bond acceptors (Lipinski definition) is 4. The maximum absolute atomic E-state index is 9.18. The number of anilines is 1. The highest BCUT2D eigenvalue weighted by Gasteiger charge is 2.33. The Hall–Kier alpha value is -1.06. The van der Waals surface area contributed by atoms with Crippen molar-refractivity contribution < 1.29 is 0 Å². The van der Waals surface area contributed by atoms with Crippen LogP contribution in [0.1, 0.15) is 38.8 Å². The molecule has 1 aliphatic heterocycles. The predicted octanol–water partition coefficient (Wildman–Crippen LogP) is 2.60. The summed E-state index contributed by atoms with van der Waals surface area (Å²) in [4.78, 5) is 2.46. The van der Waals surface area contributed by atoms with Crippen LogP contribution in [0.2, 0.25) is 0 Å². The second-order valence-electron chi connectivity index (χ2n) is 5.88. The molecule has 104 valence electrons. The van der Waals surface area contributed by atoms with E-state index in [0.29, 0.717) is 16.2 Å². The Morgan fingerprint density at radius 1 is 1.47 bits per heavy atom. The minimum atomic E-state index is 0.178. The van der Waals surface area contributed by atoms with E-state index in [1.807, 2.05) is 11.7 Å². The lowest BCUT2D eigenvalue weighted by molar-refractivity contribution is 0.167. The lowest BCUT2D eigenvalue weighted by Crippen LogP contribution is -2.39. The fraction of sp³-hybridized carbons (Fsp3) is 0.692. The molecule has 0 spiro atoms. The average molecular weight is 326 g/mol. The summed E-state index contributed by atoms with van der Waals surface area (Å²) in [7, 11) is 1.83. The third-order valence-corrected chi connectivity index (χ3v) is 4.23. The van der Waals surface area contributed by atoms with Gasteiger partial charge in [0.05, 0.1) is 6.04 Å². The molecule has 0 aliphatic carbocycles. The van der Waals surface area contributed by atoms with Crippen molar-refractivity contribution in [3.05, 3.63) is 10.2 Å². The summed E-state index contributed by atoms with van der Waals surface area (Å²) in [5, 5.41) is 16.8. The monoisotopic (exact) mass is 325 g/mol. The van der Waals surface area contributed by atoms with Crippen LogP contribution < -0.4 is 5.32 Å². The van der Waals surface area contributed by atoms with Gasteiger partial charge in [-0.3, -0.25) is 4.90 Å². The first-order valence-corrected chi connectivity index (χ1v) is 7.28. The zero-order valence-electron chi connectivity index (χ0n) is 11.9. The van der Waals surface area contributed by atoms with E-state index in [1.165, 1.54) is 0 Å². The summed E-state index contributed by atoms with van der Waals surface area (Å²) in [6.07, 6.45) is 1.06. The lowest BCUT2D eigenvalue weighted by Gasteiger charge is -2.31. The van der Waals surface area contributed by atoms with Gasteiger partial charge in [-0.2, -0.15) is 10.4 Å². The topological polar surface area (TPSA) is 56.9 Å². The minimum Gasteiger partial charge on any atom is -0.372 e. The van der Waals surface area contributed by atoms with E-state index in [0.717, 1.165) is 25.3 Å². The fourth-order valence-corrected chi connectivity index (χ4v) is 3.01. The van der Waals surface area contributed by atoms with Crippen molar-refractivity contribution >= 4 is 21.7 Å². The smallest absolute Gasteiger partial charge is 0.148 e. The van der Waals surface area contributed by atoms with Crippen LogP contribution in [0, 0.1) is 11.3 Å². The Labute approximate surface area is 122 Å². The Morgan fingerprint density at radius 2 is 2.16 bits per heavy atom. The molecule has 1 saturated heterocycles. The van der Waals surface area contributed by atoms with E-state index in [4.69, 9.17) is 0 Å². The van der Waals surface area contributed by atoms with Crippen LogP contribution in [-0.4, -0.2) is 40.4 Å². The van der Waals surface area contributed by atoms with E-state index < -0.39 is 0 Å². The zero-order chi connectivity index (χ0) is 14.2. The molecule has 2 rings (SSSR count). The normalized spacial score (nSPS) is 20.5. The molecule has 1 atom stereocenters. The van der Waals surface area contributed by atoms with Crippen LogP contribution in [0.25, 0.3) is 0 Å². The highest BCUT2D eigenvalue weighted by molar-refractivity contribution is 9.10. The second-order valence-corrected chi connectivity index (χ2v) is 6.63. The van der Waals surface area contributed by atoms with E-state index in [-0.39, 0.29) is 5.54 Å². The van der Waals surface area contributed by atoms with Crippen molar-refractivity contribution in [2.45, 2.75) is 38.8 Å². The number of hydrogen-bond donors (Lipinski definition) is 1. The van der Waals surface area contributed by atoms with Crippen LogP contribution in [0.5, 0.6) is 0 Å². The third kappa shape index (κ3) is 2.63. The molecule has 0 amide bonds. The number of nitrogens with zero attached hydrogens (tertiary/aromatic N) is 4. The fourth-order valence-electron chi connectivity index (χ4n) is 2.56. The van der Waals surface area contributed by atoms with E-state index in [1.54, 1.807) is 0 Å². The SMILES string of the molecule is CNc1c(C#N)c(Br)nn1[C@H]1CCN(C(C)(C)C)C1. The van der Waals surface area contributed by atoms with Gasteiger partial charge in [-0.1, -0.05) is 0 Å². The van der Waals surface area contributed by atoms with Crippen LogP contribution in [0.15, 0.2) is 4.60 Å². The van der Waals surface area contributed by atoms with Gasteiger partial charge in [0, 0.05) is 25.7 Å².